The second-order valence-electron chi connectivity index (χ2n) is 6.11. The number of amides is 1. The molecule has 0 saturated heterocycles. The molecule has 0 spiro atoms. The van der Waals surface area contributed by atoms with Gasteiger partial charge in [0, 0.05) is 24.4 Å². The summed E-state index contributed by atoms with van der Waals surface area (Å²) >= 11 is 0. The van der Waals surface area contributed by atoms with E-state index in [-0.39, 0.29) is 0 Å². The monoisotopic (exact) mass is 338 g/mol. The minimum atomic E-state index is -0.549. The second-order valence-corrected chi connectivity index (χ2v) is 6.11. The van der Waals surface area contributed by atoms with Gasteiger partial charge < -0.3 is 10.1 Å². The summed E-state index contributed by atoms with van der Waals surface area (Å²) in [4.78, 5) is 11.0. The Morgan fingerprint density at radius 3 is 2.80 bits per heavy atom. The fraction of sp³-hybridized carbons (Fsp3) is 0.250. The first-order valence-electron chi connectivity index (χ1n) is 8.44. The van der Waals surface area contributed by atoms with E-state index in [0.29, 0.717) is 12.6 Å². The lowest BCUT2D eigenvalue weighted by Crippen LogP contribution is -2.24. The maximum absolute atomic E-state index is 11.0. The van der Waals surface area contributed by atoms with Crippen molar-refractivity contribution in [1.82, 2.24) is 5.48 Å². The number of carbonyl (C=O) groups is 1. The number of ether oxygens (including phenoxy) is 1. The maximum atomic E-state index is 11.0. The zero-order valence-electron chi connectivity index (χ0n) is 13.9. The number of rotatable bonds is 7. The van der Waals surface area contributed by atoms with Gasteiger partial charge in [-0.2, -0.15) is 0 Å². The number of hydrogen-bond donors (Lipinski definition) is 3. The summed E-state index contributed by atoms with van der Waals surface area (Å²) in [6.45, 7) is 0.667. The van der Waals surface area contributed by atoms with Gasteiger partial charge in [-0.15, -0.1) is 0 Å². The maximum Gasteiger partial charge on any atom is 0.267 e. The van der Waals surface area contributed by atoms with Crippen LogP contribution in [0.3, 0.4) is 0 Å². The largest absolute Gasteiger partial charge is 0.490 e. The van der Waals surface area contributed by atoms with Gasteiger partial charge in [0.05, 0.1) is 6.10 Å². The van der Waals surface area contributed by atoms with Crippen molar-refractivity contribution in [3.8, 4) is 5.75 Å². The van der Waals surface area contributed by atoms with Crippen molar-refractivity contribution in [3.05, 3.63) is 65.7 Å². The molecule has 0 atom stereocenters. The summed E-state index contributed by atoms with van der Waals surface area (Å²) in [5.41, 5.74) is 4.57. The third-order valence-electron chi connectivity index (χ3n) is 4.17. The van der Waals surface area contributed by atoms with Crippen molar-refractivity contribution in [2.24, 2.45) is 0 Å². The van der Waals surface area contributed by atoms with Crippen molar-refractivity contribution in [1.29, 1.82) is 0 Å². The van der Waals surface area contributed by atoms with Gasteiger partial charge in [0.25, 0.3) is 5.91 Å². The highest BCUT2D eigenvalue weighted by molar-refractivity contribution is 5.90. The van der Waals surface area contributed by atoms with Crippen LogP contribution in [0.5, 0.6) is 5.75 Å². The van der Waals surface area contributed by atoms with E-state index < -0.39 is 5.91 Å². The van der Waals surface area contributed by atoms with E-state index in [1.165, 1.54) is 12.5 Å². The van der Waals surface area contributed by atoms with Crippen LogP contribution in [-0.2, 0) is 11.3 Å². The van der Waals surface area contributed by atoms with E-state index in [0.717, 1.165) is 35.4 Å². The van der Waals surface area contributed by atoms with Crippen LogP contribution in [0.2, 0.25) is 0 Å². The first-order valence-corrected chi connectivity index (χ1v) is 8.44. The lowest BCUT2D eigenvalue weighted by atomic mass is 9.96. The lowest BCUT2D eigenvalue weighted by molar-refractivity contribution is -0.124. The summed E-state index contributed by atoms with van der Waals surface area (Å²) in [5, 5.41) is 11.9. The third kappa shape index (κ3) is 5.09. The summed E-state index contributed by atoms with van der Waals surface area (Å²) in [6.07, 6.45) is 6.86. The van der Waals surface area contributed by atoms with E-state index in [2.05, 4.69) is 5.32 Å². The van der Waals surface area contributed by atoms with Gasteiger partial charge in [0.2, 0.25) is 0 Å². The Bertz CT molecular complexity index is 754. The minimum Gasteiger partial charge on any atom is -0.490 e. The third-order valence-corrected chi connectivity index (χ3v) is 4.17. The van der Waals surface area contributed by atoms with Gasteiger partial charge in [-0.05, 0) is 54.7 Å². The van der Waals surface area contributed by atoms with Gasteiger partial charge in [-0.1, -0.05) is 24.3 Å². The molecule has 1 aliphatic carbocycles. The van der Waals surface area contributed by atoms with E-state index in [9.17, 15) is 4.79 Å². The molecule has 1 aliphatic rings. The molecule has 0 unspecified atom stereocenters. The second kappa shape index (κ2) is 8.35. The molecule has 2 aromatic carbocycles. The summed E-state index contributed by atoms with van der Waals surface area (Å²) < 4.78 is 5.92. The Labute approximate surface area is 147 Å². The molecule has 0 aromatic heterocycles. The van der Waals surface area contributed by atoms with Crippen LogP contribution < -0.4 is 15.5 Å². The van der Waals surface area contributed by atoms with Crippen LogP contribution in [0.15, 0.2) is 54.6 Å². The van der Waals surface area contributed by atoms with E-state index >= 15 is 0 Å². The molecule has 2 aromatic rings. The predicted octanol–water partition coefficient (Wildman–Crippen LogP) is 3.75. The molecule has 25 heavy (non-hydrogen) atoms. The number of benzene rings is 2. The van der Waals surface area contributed by atoms with Crippen LogP contribution in [-0.4, -0.2) is 17.2 Å². The molecule has 1 amide bonds. The molecule has 0 bridgehead atoms. The Morgan fingerprint density at radius 1 is 1.20 bits per heavy atom. The van der Waals surface area contributed by atoms with E-state index in [1.807, 2.05) is 48.5 Å². The van der Waals surface area contributed by atoms with E-state index in [4.69, 9.17) is 9.94 Å². The molecule has 0 heterocycles. The zero-order chi connectivity index (χ0) is 17.5. The first-order chi connectivity index (χ1) is 12.2. The number of carbonyl (C=O) groups excluding carboxylic acids is 1. The molecular weight excluding hydrogens is 316 g/mol. The highest BCUT2D eigenvalue weighted by atomic mass is 16.5. The van der Waals surface area contributed by atoms with Gasteiger partial charge in [-0.25, -0.2) is 5.48 Å². The standard InChI is InChI=1S/C20H22N2O3/c23-20(22-24)11-10-15-4-1-5-16(12-15)14-21-17-6-2-9-19(13-17)25-18-7-3-8-18/h1-2,4-6,9-13,18,21,24H,3,7-8,14H2,(H,22,23)/b11-10+. The zero-order valence-corrected chi connectivity index (χ0v) is 13.9. The summed E-state index contributed by atoms with van der Waals surface area (Å²) in [7, 11) is 0. The molecule has 0 radical (unpaired) electrons. The Hall–Kier alpha value is -2.79. The molecule has 5 heteroatoms. The Balaban J connectivity index is 1.58. The number of nitrogens with one attached hydrogen (secondary N) is 2. The fourth-order valence-electron chi connectivity index (χ4n) is 2.58. The lowest BCUT2D eigenvalue weighted by Gasteiger charge is -2.26. The normalized spacial score (nSPS) is 14.1. The quantitative estimate of drug-likeness (QED) is 0.408. The van der Waals surface area contributed by atoms with Gasteiger partial charge in [-0.3, -0.25) is 10.0 Å². The van der Waals surface area contributed by atoms with Crippen LogP contribution in [0, 0.1) is 0 Å². The highest BCUT2D eigenvalue weighted by Crippen LogP contribution is 2.26. The molecule has 0 aliphatic heterocycles. The van der Waals surface area contributed by atoms with Crippen molar-refractivity contribution in [3.63, 3.8) is 0 Å². The van der Waals surface area contributed by atoms with Crippen molar-refractivity contribution in [2.75, 3.05) is 5.32 Å². The van der Waals surface area contributed by atoms with Crippen LogP contribution in [0.4, 0.5) is 5.69 Å². The van der Waals surface area contributed by atoms with Crippen LogP contribution in [0.1, 0.15) is 30.4 Å². The minimum absolute atomic E-state index is 0.370. The molecule has 5 nitrogen and oxygen atoms in total. The number of hydrogen-bond acceptors (Lipinski definition) is 4. The van der Waals surface area contributed by atoms with Crippen LogP contribution >= 0.6 is 0 Å². The first kappa shape index (κ1) is 17.0. The predicted molar refractivity (Wildman–Crippen MR) is 97.4 cm³/mol. The Kier molecular flexibility index (Phi) is 5.69. The van der Waals surface area contributed by atoms with Crippen molar-refractivity contribution in [2.45, 2.75) is 31.9 Å². The molecular formula is C20H22N2O3. The van der Waals surface area contributed by atoms with E-state index in [1.54, 1.807) is 11.6 Å². The SMILES string of the molecule is O=C(/C=C/c1cccc(CNc2cccc(OC3CCC3)c2)c1)NO. The van der Waals surface area contributed by atoms with Gasteiger partial charge >= 0.3 is 0 Å². The molecule has 130 valence electrons. The smallest absolute Gasteiger partial charge is 0.267 e. The highest BCUT2D eigenvalue weighted by Gasteiger charge is 2.18. The van der Waals surface area contributed by atoms with Gasteiger partial charge in [0.15, 0.2) is 0 Å². The average Bonchev–Trinajstić information content (AvgIpc) is 2.62. The van der Waals surface area contributed by atoms with Crippen molar-refractivity contribution >= 4 is 17.7 Å². The Morgan fingerprint density at radius 2 is 2.04 bits per heavy atom. The number of hydroxylamine groups is 1. The average molecular weight is 338 g/mol. The van der Waals surface area contributed by atoms with Crippen molar-refractivity contribution < 1.29 is 14.7 Å². The molecule has 3 N–H and O–H groups in total. The number of anilines is 1. The fourth-order valence-corrected chi connectivity index (χ4v) is 2.58. The molecule has 1 saturated carbocycles. The molecule has 3 rings (SSSR count). The molecule has 1 fully saturated rings. The summed E-state index contributed by atoms with van der Waals surface area (Å²) in [5.74, 6) is 0.355. The summed E-state index contributed by atoms with van der Waals surface area (Å²) in [6, 6.07) is 15.9. The van der Waals surface area contributed by atoms with Gasteiger partial charge in [0.1, 0.15) is 5.75 Å². The topological polar surface area (TPSA) is 70.6 Å². The van der Waals surface area contributed by atoms with Crippen LogP contribution in [0.25, 0.3) is 6.08 Å².